The third-order valence-electron chi connectivity index (χ3n) is 5.83. The van der Waals surface area contributed by atoms with Gasteiger partial charge >= 0.3 is 0 Å². The molecule has 3 aromatic carbocycles. The predicted octanol–water partition coefficient (Wildman–Crippen LogP) is 5.09. The van der Waals surface area contributed by atoms with Gasteiger partial charge in [-0.25, -0.2) is 13.4 Å². The van der Waals surface area contributed by atoms with E-state index >= 15 is 0 Å². The topological polar surface area (TPSA) is 72.0 Å². The van der Waals surface area contributed by atoms with Crippen LogP contribution in [0.1, 0.15) is 29.8 Å². The van der Waals surface area contributed by atoms with Crippen LogP contribution in [0, 0.1) is 0 Å². The molecule has 0 saturated carbocycles. The smallest absolute Gasteiger partial charge is 0.176 e. The number of ether oxygens (including phenoxy) is 1. The van der Waals surface area contributed by atoms with Crippen LogP contribution in [0.15, 0.2) is 65.6 Å². The molecular formula is C25H24N2O3S. The summed E-state index contributed by atoms with van der Waals surface area (Å²) >= 11 is 0. The Labute approximate surface area is 182 Å². The molecule has 0 bridgehead atoms. The first-order valence-corrected chi connectivity index (χ1v) is 12.4. The van der Waals surface area contributed by atoms with Gasteiger partial charge in [-0.05, 0) is 72.7 Å². The standard InChI is InChI=1S/C25H24N2O3S/c1-31(28,29)24-9-5-4-8-21(24)19-11-13-22-23(15-19)27-25(26-22)16-30-20-12-10-17-6-2-3-7-18(17)14-20/h4-5,8-15H,2-3,6-7,16H2,1H3,(H,26,27). The van der Waals surface area contributed by atoms with Gasteiger partial charge in [-0.2, -0.15) is 0 Å². The van der Waals surface area contributed by atoms with E-state index in [0.717, 1.165) is 41.0 Å². The second-order valence-corrected chi connectivity index (χ2v) is 10.1. The fourth-order valence-corrected chi connectivity index (χ4v) is 5.19. The van der Waals surface area contributed by atoms with Gasteiger partial charge in [-0.15, -0.1) is 0 Å². The van der Waals surface area contributed by atoms with Crippen molar-refractivity contribution in [3.63, 3.8) is 0 Å². The Bertz CT molecular complexity index is 1370. The highest BCUT2D eigenvalue weighted by atomic mass is 32.2. The van der Waals surface area contributed by atoms with E-state index in [2.05, 4.69) is 22.1 Å². The van der Waals surface area contributed by atoms with E-state index in [4.69, 9.17) is 4.74 Å². The molecule has 0 aliphatic heterocycles. The van der Waals surface area contributed by atoms with Crippen LogP contribution >= 0.6 is 0 Å². The first-order valence-electron chi connectivity index (χ1n) is 10.5. The maximum absolute atomic E-state index is 12.2. The molecule has 1 aromatic heterocycles. The lowest BCUT2D eigenvalue weighted by Crippen LogP contribution is -2.03. The van der Waals surface area contributed by atoms with E-state index in [-0.39, 0.29) is 0 Å². The molecule has 1 heterocycles. The number of nitrogens with one attached hydrogen (secondary N) is 1. The van der Waals surface area contributed by atoms with Crippen molar-refractivity contribution < 1.29 is 13.2 Å². The van der Waals surface area contributed by atoms with Crippen molar-refractivity contribution in [3.8, 4) is 16.9 Å². The number of nitrogens with zero attached hydrogens (tertiary/aromatic N) is 1. The molecule has 0 radical (unpaired) electrons. The summed E-state index contributed by atoms with van der Waals surface area (Å²) < 4.78 is 30.3. The molecule has 0 saturated heterocycles. The Morgan fingerprint density at radius 3 is 2.61 bits per heavy atom. The summed E-state index contributed by atoms with van der Waals surface area (Å²) in [5, 5.41) is 0. The minimum absolute atomic E-state index is 0.320. The van der Waals surface area contributed by atoms with Crippen molar-refractivity contribution in [2.75, 3.05) is 6.26 Å². The van der Waals surface area contributed by atoms with Crippen molar-refractivity contribution in [2.45, 2.75) is 37.2 Å². The lowest BCUT2D eigenvalue weighted by atomic mass is 9.92. The molecule has 5 rings (SSSR count). The molecule has 0 amide bonds. The average molecular weight is 433 g/mol. The number of imidazole rings is 1. The van der Waals surface area contributed by atoms with Crippen molar-refractivity contribution >= 4 is 20.9 Å². The molecule has 0 atom stereocenters. The largest absolute Gasteiger partial charge is 0.486 e. The number of H-pyrrole nitrogens is 1. The summed E-state index contributed by atoms with van der Waals surface area (Å²) in [5.74, 6) is 1.60. The van der Waals surface area contributed by atoms with E-state index in [1.165, 1.54) is 30.2 Å². The van der Waals surface area contributed by atoms with Gasteiger partial charge in [-0.1, -0.05) is 30.3 Å². The molecule has 31 heavy (non-hydrogen) atoms. The first kappa shape index (κ1) is 19.8. The summed E-state index contributed by atoms with van der Waals surface area (Å²) in [6.45, 7) is 0.350. The minimum atomic E-state index is -3.32. The Hall–Kier alpha value is -3.12. The van der Waals surface area contributed by atoms with Crippen molar-refractivity contribution in [1.82, 2.24) is 9.97 Å². The van der Waals surface area contributed by atoms with Gasteiger partial charge in [0.25, 0.3) is 0 Å². The Kier molecular flexibility index (Phi) is 5.02. The molecule has 4 aromatic rings. The van der Waals surface area contributed by atoms with Gasteiger partial charge in [0.15, 0.2) is 9.84 Å². The minimum Gasteiger partial charge on any atom is -0.486 e. The van der Waals surface area contributed by atoms with E-state index in [0.29, 0.717) is 17.1 Å². The van der Waals surface area contributed by atoms with Crippen LogP contribution in [0.25, 0.3) is 22.2 Å². The highest BCUT2D eigenvalue weighted by molar-refractivity contribution is 7.90. The van der Waals surface area contributed by atoms with Crippen LogP contribution in [0.5, 0.6) is 5.75 Å². The zero-order valence-corrected chi connectivity index (χ0v) is 18.2. The summed E-state index contributed by atoms with van der Waals surface area (Å²) in [6.07, 6.45) is 6.02. The van der Waals surface area contributed by atoms with Gasteiger partial charge in [0.1, 0.15) is 18.2 Å². The van der Waals surface area contributed by atoms with Gasteiger partial charge in [0.05, 0.1) is 15.9 Å². The predicted molar refractivity (Wildman–Crippen MR) is 122 cm³/mol. The Morgan fingerprint density at radius 1 is 0.968 bits per heavy atom. The van der Waals surface area contributed by atoms with E-state index in [9.17, 15) is 8.42 Å². The fourth-order valence-electron chi connectivity index (χ4n) is 4.27. The molecule has 1 aliphatic rings. The number of hydrogen-bond acceptors (Lipinski definition) is 4. The number of hydrogen-bond donors (Lipinski definition) is 1. The molecular weight excluding hydrogens is 408 g/mol. The van der Waals surface area contributed by atoms with E-state index in [1.54, 1.807) is 12.1 Å². The van der Waals surface area contributed by atoms with Crippen LogP contribution in [-0.2, 0) is 29.3 Å². The third kappa shape index (κ3) is 4.08. The lowest BCUT2D eigenvalue weighted by Gasteiger charge is -2.16. The molecule has 158 valence electrons. The summed E-state index contributed by atoms with van der Waals surface area (Å²) in [7, 11) is -3.32. The van der Waals surface area contributed by atoms with Crippen molar-refractivity contribution in [2.24, 2.45) is 0 Å². The van der Waals surface area contributed by atoms with Crippen LogP contribution < -0.4 is 4.74 Å². The lowest BCUT2D eigenvalue weighted by molar-refractivity contribution is 0.297. The summed E-state index contributed by atoms with van der Waals surface area (Å²) in [4.78, 5) is 8.28. The third-order valence-corrected chi connectivity index (χ3v) is 6.98. The summed E-state index contributed by atoms with van der Waals surface area (Å²) in [5.41, 5.74) is 6.00. The monoisotopic (exact) mass is 432 g/mol. The van der Waals surface area contributed by atoms with E-state index < -0.39 is 9.84 Å². The quantitative estimate of drug-likeness (QED) is 0.477. The molecule has 0 spiro atoms. The van der Waals surface area contributed by atoms with Crippen LogP contribution in [-0.4, -0.2) is 24.6 Å². The van der Waals surface area contributed by atoms with Gasteiger partial charge in [-0.3, -0.25) is 0 Å². The average Bonchev–Trinajstić information content (AvgIpc) is 3.19. The van der Waals surface area contributed by atoms with Gasteiger partial charge in [0.2, 0.25) is 0 Å². The van der Waals surface area contributed by atoms with Gasteiger partial charge in [0, 0.05) is 11.8 Å². The second-order valence-electron chi connectivity index (χ2n) is 8.11. The SMILES string of the molecule is CS(=O)(=O)c1ccccc1-c1ccc2[nH]c(COc3ccc4c(c3)CCCC4)nc2c1. The van der Waals surface area contributed by atoms with Crippen LogP contribution in [0.4, 0.5) is 0 Å². The number of aromatic amines is 1. The Balaban J connectivity index is 1.39. The first-order chi connectivity index (χ1) is 15.0. The number of sulfone groups is 1. The zero-order chi connectivity index (χ0) is 21.4. The molecule has 5 nitrogen and oxygen atoms in total. The zero-order valence-electron chi connectivity index (χ0n) is 17.4. The highest BCUT2D eigenvalue weighted by Crippen LogP contribution is 2.30. The molecule has 0 unspecified atom stereocenters. The van der Waals surface area contributed by atoms with Crippen LogP contribution in [0.3, 0.4) is 0 Å². The molecule has 6 heteroatoms. The van der Waals surface area contributed by atoms with Gasteiger partial charge < -0.3 is 9.72 Å². The second kappa shape index (κ2) is 7.85. The summed E-state index contributed by atoms with van der Waals surface area (Å²) in [6, 6.07) is 19.2. The van der Waals surface area contributed by atoms with Crippen molar-refractivity contribution in [1.29, 1.82) is 0 Å². The van der Waals surface area contributed by atoms with E-state index in [1.807, 2.05) is 36.4 Å². The maximum atomic E-state index is 12.2. The normalized spacial score (nSPS) is 13.8. The number of benzene rings is 3. The fraction of sp³-hybridized carbons (Fsp3) is 0.240. The molecule has 0 fully saturated rings. The number of rotatable bonds is 5. The maximum Gasteiger partial charge on any atom is 0.176 e. The number of aromatic nitrogens is 2. The number of aryl methyl sites for hydroxylation is 2. The Morgan fingerprint density at radius 2 is 1.77 bits per heavy atom. The van der Waals surface area contributed by atoms with Crippen molar-refractivity contribution in [3.05, 3.63) is 77.6 Å². The molecule has 1 N–H and O–H groups in total. The number of fused-ring (bicyclic) bond motifs is 2. The molecule has 1 aliphatic carbocycles. The van der Waals surface area contributed by atoms with Crippen LogP contribution in [0.2, 0.25) is 0 Å². The highest BCUT2D eigenvalue weighted by Gasteiger charge is 2.15.